The van der Waals surface area contributed by atoms with Gasteiger partial charge in [0.1, 0.15) is 17.3 Å². The molecule has 24 heavy (non-hydrogen) atoms. The number of rotatable bonds is 4. The fourth-order valence-electron chi connectivity index (χ4n) is 2.28. The fourth-order valence-corrected chi connectivity index (χ4v) is 2.28. The van der Waals surface area contributed by atoms with Gasteiger partial charge in [-0.15, -0.1) is 0 Å². The van der Waals surface area contributed by atoms with Crippen molar-refractivity contribution in [1.29, 1.82) is 0 Å². The quantitative estimate of drug-likeness (QED) is 0.775. The van der Waals surface area contributed by atoms with E-state index in [2.05, 4.69) is 0 Å². The maximum absolute atomic E-state index is 10.7. The molecule has 0 heterocycles. The van der Waals surface area contributed by atoms with Gasteiger partial charge in [0.2, 0.25) is 0 Å². The highest BCUT2D eigenvalue weighted by molar-refractivity contribution is 5.92. The first kappa shape index (κ1) is 19.3. The van der Waals surface area contributed by atoms with Crippen molar-refractivity contribution in [1.82, 2.24) is 0 Å². The first-order valence-corrected chi connectivity index (χ1v) is 7.27. The lowest BCUT2D eigenvalue weighted by Gasteiger charge is -2.30. The van der Waals surface area contributed by atoms with Crippen LogP contribution in [0.4, 0.5) is 0 Å². The lowest BCUT2D eigenvalue weighted by atomic mass is 9.79. The summed E-state index contributed by atoms with van der Waals surface area (Å²) in [6, 6.07) is 9.75. The number of allylic oxidation sites excluding steroid dienone is 2. The lowest BCUT2D eigenvalue weighted by molar-refractivity contribution is -0.147. The molecule has 3 N–H and O–H groups in total. The number of carbonyl (C=O) groups excluding carboxylic acids is 1. The van der Waals surface area contributed by atoms with Crippen LogP contribution in [0.1, 0.15) is 19.4 Å². The van der Waals surface area contributed by atoms with E-state index in [9.17, 15) is 19.5 Å². The summed E-state index contributed by atoms with van der Waals surface area (Å²) in [7, 11) is 0. The molecule has 0 aromatic heterocycles. The number of aliphatic carboxylic acids is 2. The van der Waals surface area contributed by atoms with Gasteiger partial charge in [0.25, 0.3) is 0 Å². The van der Waals surface area contributed by atoms with Gasteiger partial charge in [-0.25, -0.2) is 4.79 Å². The van der Waals surface area contributed by atoms with Crippen molar-refractivity contribution in [2.24, 2.45) is 5.92 Å². The molecule has 0 saturated carbocycles. The van der Waals surface area contributed by atoms with Gasteiger partial charge in [-0.2, -0.15) is 0 Å². The Balaban J connectivity index is 0.000000254. The Morgan fingerprint density at radius 3 is 2.17 bits per heavy atom. The maximum atomic E-state index is 10.7. The van der Waals surface area contributed by atoms with Crippen molar-refractivity contribution in [2.45, 2.75) is 25.9 Å². The predicted molar refractivity (Wildman–Crippen MR) is 87.4 cm³/mol. The summed E-state index contributed by atoms with van der Waals surface area (Å²) in [5, 5.41) is 27.2. The molecule has 0 spiro atoms. The molecule has 1 aliphatic rings. The smallest absolute Gasteiger partial charge is 0.334 e. The minimum Gasteiger partial charge on any atom is -0.481 e. The number of benzene rings is 1. The second kappa shape index (κ2) is 8.21. The molecule has 2 rings (SSSR count). The topological polar surface area (TPSA) is 112 Å². The van der Waals surface area contributed by atoms with Crippen LogP contribution in [-0.4, -0.2) is 38.6 Å². The third-order valence-corrected chi connectivity index (χ3v) is 3.51. The summed E-state index contributed by atoms with van der Waals surface area (Å²) in [6.45, 7) is 2.78. The second-order valence-electron chi connectivity index (χ2n) is 5.60. The summed E-state index contributed by atoms with van der Waals surface area (Å²) in [5.74, 6) is -3.58. The molecular weight excluding hydrogens is 312 g/mol. The zero-order chi connectivity index (χ0) is 18.3. The monoisotopic (exact) mass is 332 g/mol. The van der Waals surface area contributed by atoms with Gasteiger partial charge in [-0.1, -0.05) is 42.5 Å². The van der Waals surface area contributed by atoms with E-state index >= 15 is 0 Å². The third kappa shape index (κ3) is 5.17. The Morgan fingerprint density at radius 2 is 1.71 bits per heavy atom. The van der Waals surface area contributed by atoms with Gasteiger partial charge in [0.15, 0.2) is 0 Å². The predicted octanol–water partition coefficient (Wildman–Crippen LogP) is 1.84. The number of carboxylic acids is 2. The van der Waals surface area contributed by atoms with Gasteiger partial charge < -0.3 is 15.3 Å². The molecule has 6 nitrogen and oxygen atoms in total. The summed E-state index contributed by atoms with van der Waals surface area (Å²) in [5.41, 5.74) is -1.09. The van der Waals surface area contributed by atoms with Crippen molar-refractivity contribution in [3.63, 3.8) is 0 Å². The van der Waals surface area contributed by atoms with E-state index in [1.807, 2.05) is 30.3 Å². The van der Waals surface area contributed by atoms with Crippen LogP contribution in [0.25, 0.3) is 0 Å². The first-order valence-electron chi connectivity index (χ1n) is 7.27. The van der Waals surface area contributed by atoms with Gasteiger partial charge in [-0.3, -0.25) is 9.59 Å². The van der Waals surface area contributed by atoms with Crippen molar-refractivity contribution < 1.29 is 29.7 Å². The minimum atomic E-state index is -1.87. The summed E-state index contributed by atoms with van der Waals surface area (Å²) < 4.78 is 0. The maximum Gasteiger partial charge on any atom is 0.334 e. The van der Waals surface area contributed by atoms with Crippen LogP contribution in [0.2, 0.25) is 0 Å². The molecule has 1 aliphatic carbocycles. The molecule has 0 bridgehead atoms. The van der Waals surface area contributed by atoms with E-state index in [4.69, 9.17) is 10.2 Å². The first-order chi connectivity index (χ1) is 11.2. The van der Waals surface area contributed by atoms with Crippen LogP contribution in [0.15, 0.2) is 54.1 Å². The van der Waals surface area contributed by atoms with E-state index in [1.165, 1.54) is 25.2 Å². The number of carboxylic acid groups (broad SMARTS) is 2. The van der Waals surface area contributed by atoms with Gasteiger partial charge >= 0.3 is 11.9 Å². The molecule has 2 unspecified atom stereocenters. The van der Waals surface area contributed by atoms with Crippen molar-refractivity contribution in [3.05, 3.63) is 59.7 Å². The Labute approximate surface area is 139 Å². The lowest BCUT2D eigenvalue weighted by Crippen LogP contribution is -2.43. The minimum absolute atomic E-state index is 0.214. The molecule has 2 atom stereocenters. The standard InChI is InChI=1S/C9H10O5.C9H10O/c1-9(14)5(7(10)11)3-2-4-6(9)8(12)13;1-8(10)7-9-5-3-2-4-6-9/h2-5,14H,1H3,(H,10,11)(H,12,13);2-6H,7H2,1H3. The molecule has 0 amide bonds. The van der Waals surface area contributed by atoms with Crippen LogP contribution in [0, 0.1) is 5.92 Å². The molecule has 0 aliphatic heterocycles. The number of ketones is 1. The molecule has 0 fully saturated rings. The van der Waals surface area contributed by atoms with Gasteiger partial charge in [0, 0.05) is 6.42 Å². The van der Waals surface area contributed by atoms with Gasteiger partial charge in [-0.05, 0) is 25.5 Å². The average Bonchev–Trinajstić information content (AvgIpc) is 2.46. The van der Waals surface area contributed by atoms with E-state index in [-0.39, 0.29) is 11.4 Å². The van der Waals surface area contributed by atoms with Crippen LogP contribution >= 0.6 is 0 Å². The zero-order valence-electron chi connectivity index (χ0n) is 13.5. The average molecular weight is 332 g/mol. The highest BCUT2D eigenvalue weighted by Gasteiger charge is 2.43. The summed E-state index contributed by atoms with van der Waals surface area (Å²) in [4.78, 5) is 32.0. The molecule has 0 saturated heterocycles. The van der Waals surface area contributed by atoms with E-state index in [0.29, 0.717) is 6.42 Å². The Hall–Kier alpha value is -2.73. The SMILES string of the molecule is CC(=O)Cc1ccccc1.CC1(O)C(C(=O)O)=CC=CC1C(=O)O. The number of hydrogen-bond donors (Lipinski definition) is 3. The molecular formula is C18H20O6. The Bertz CT molecular complexity index is 670. The van der Waals surface area contributed by atoms with Crippen molar-refractivity contribution in [2.75, 3.05) is 0 Å². The van der Waals surface area contributed by atoms with Crippen molar-refractivity contribution >= 4 is 17.7 Å². The normalized spacial score (nSPS) is 22.0. The number of hydrogen-bond acceptors (Lipinski definition) is 4. The molecule has 1 aromatic rings. The summed E-state index contributed by atoms with van der Waals surface area (Å²) in [6.07, 6.45) is 4.33. The second-order valence-corrected chi connectivity index (χ2v) is 5.60. The van der Waals surface area contributed by atoms with Crippen LogP contribution in [-0.2, 0) is 20.8 Å². The van der Waals surface area contributed by atoms with Crippen LogP contribution in [0.5, 0.6) is 0 Å². The van der Waals surface area contributed by atoms with Crippen LogP contribution in [0.3, 0.4) is 0 Å². The van der Waals surface area contributed by atoms with E-state index < -0.39 is 23.5 Å². The molecule has 1 aromatic carbocycles. The third-order valence-electron chi connectivity index (χ3n) is 3.51. The van der Waals surface area contributed by atoms with E-state index in [1.54, 1.807) is 6.92 Å². The summed E-state index contributed by atoms with van der Waals surface area (Å²) >= 11 is 0. The molecule has 0 radical (unpaired) electrons. The van der Waals surface area contributed by atoms with Gasteiger partial charge in [0.05, 0.1) is 5.57 Å². The van der Waals surface area contributed by atoms with Crippen molar-refractivity contribution in [3.8, 4) is 0 Å². The highest BCUT2D eigenvalue weighted by atomic mass is 16.4. The largest absolute Gasteiger partial charge is 0.481 e. The van der Waals surface area contributed by atoms with Crippen LogP contribution < -0.4 is 0 Å². The Kier molecular flexibility index (Phi) is 6.61. The molecule has 6 heteroatoms. The number of carbonyl (C=O) groups is 3. The zero-order valence-corrected chi connectivity index (χ0v) is 13.5. The Morgan fingerprint density at radius 1 is 1.12 bits per heavy atom. The van der Waals surface area contributed by atoms with E-state index in [0.717, 1.165) is 5.56 Å². The fraction of sp³-hybridized carbons (Fsp3) is 0.278. The highest BCUT2D eigenvalue weighted by Crippen LogP contribution is 2.30. The number of aliphatic hydroxyl groups is 1. The molecule has 128 valence electrons. The number of Topliss-reactive ketones (excluding diaryl/α,β-unsaturated/α-hetero) is 1.